The molecule has 4 rings (SSSR count). The zero-order valence-electron chi connectivity index (χ0n) is 24.0. The molecular weight excluding hydrogens is 521 g/mol. The Kier molecular flexibility index (Phi) is 8.11. The molecule has 0 atom stereocenters. The summed E-state index contributed by atoms with van der Waals surface area (Å²) in [5, 5.41) is 0. The van der Waals surface area contributed by atoms with Gasteiger partial charge in [-0.05, 0) is 104 Å². The second-order valence-electron chi connectivity index (χ2n) is 12.3. The highest BCUT2D eigenvalue weighted by Gasteiger charge is 2.45. The van der Waals surface area contributed by atoms with Gasteiger partial charge in [-0.15, -0.1) is 11.8 Å². The highest BCUT2D eigenvalue weighted by molar-refractivity contribution is 7.99. The maximum absolute atomic E-state index is 13.6. The van der Waals surface area contributed by atoms with Gasteiger partial charge in [0, 0.05) is 21.6 Å². The molecule has 0 aromatic heterocycles. The van der Waals surface area contributed by atoms with Crippen molar-refractivity contribution in [1.29, 1.82) is 0 Å². The zero-order valence-corrected chi connectivity index (χ0v) is 26.8. The molecule has 200 valence electrons. The van der Waals surface area contributed by atoms with Crippen LogP contribution in [0.2, 0.25) is 32.7 Å². The van der Waals surface area contributed by atoms with E-state index in [4.69, 9.17) is 4.43 Å². The lowest BCUT2D eigenvalue weighted by atomic mass is 9.94. The van der Waals surface area contributed by atoms with Crippen LogP contribution in [0.3, 0.4) is 0 Å². The molecular formula is C32H40O3SSi2. The van der Waals surface area contributed by atoms with Crippen LogP contribution in [0.1, 0.15) is 64.6 Å². The van der Waals surface area contributed by atoms with Crippen LogP contribution in [-0.4, -0.2) is 38.3 Å². The summed E-state index contributed by atoms with van der Waals surface area (Å²) >= 11 is 1.81. The fourth-order valence-corrected chi connectivity index (χ4v) is 8.89. The zero-order chi connectivity index (χ0) is 27.9. The van der Waals surface area contributed by atoms with E-state index in [0.717, 1.165) is 40.8 Å². The Hall–Kier alpha value is -2.26. The standard InChI is InChI=1S/C32H40O3SSi2/c1-9-18-36-27-14-10-22(11-15-27)30(33)23-12-16-28-25(19-23)21-26-20-24(13-17-29(26)28)31(34)32(2,3)35-38(7,8)37(4,5)6/h10-17,19-20H,9,18,21H2,1-8H3. The second kappa shape index (κ2) is 10.7. The number of hydrogen-bond acceptors (Lipinski definition) is 4. The van der Waals surface area contributed by atoms with Gasteiger partial charge in [0.2, 0.25) is 0 Å². The molecule has 0 spiro atoms. The van der Waals surface area contributed by atoms with Crippen molar-refractivity contribution >= 4 is 38.8 Å². The number of Topliss-reactive ketones (excluding diaryl/α,β-unsaturated/α-hetero) is 1. The molecule has 6 heteroatoms. The lowest BCUT2D eigenvalue weighted by Gasteiger charge is -2.41. The first-order chi connectivity index (χ1) is 17.7. The minimum atomic E-state index is -1.98. The van der Waals surface area contributed by atoms with Gasteiger partial charge in [-0.3, -0.25) is 9.59 Å². The number of thioether (sulfide) groups is 1. The number of carbonyl (C=O) groups is 2. The number of ketones is 2. The van der Waals surface area contributed by atoms with Crippen LogP contribution >= 0.6 is 11.8 Å². The summed E-state index contributed by atoms with van der Waals surface area (Å²) < 4.78 is 6.61. The largest absolute Gasteiger partial charge is 0.408 e. The number of benzene rings is 3. The molecule has 38 heavy (non-hydrogen) atoms. The Labute approximate surface area is 234 Å². The van der Waals surface area contributed by atoms with Crippen molar-refractivity contribution < 1.29 is 14.0 Å². The number of fused-ring (bicyclic) bond motifs is 3. The van der Waals surface area contributed by atoms with E-state index in [1.165, 1.54) is 4.90 Å². The van der Waals surface area contributed by atoms with Gasteiger partial charge in [-0.25, -0.2) is 0 Å². The van der Waals surface area contributed by atoms with Crippen molar-refractivity contribution in [2.24, 2.45) is 0 Å². The Morgan fingerprint density at radius 3 is 1.89 bits per heavy atom. The molecule has 3 aromatic rings. The van der Waals surface area contributed by atoms with Crippen LogP contribution < -0.4 is 0 Å². The van der Waals surface area contributed by atoms with Crippen molar-refractivity contribution in [3.8, 4) is 11.1 Å². The van der Waals surface area contributed by atoms with Gasteiger partial charge in [0.1, 0.15) is 5.60 Å². The van der Waals surface area contributed by atoms with Gasteiger partial charge >= 0.3 is 0 Å². The monoisotopic (exact) mass is 560 g/mol. The van der Waals surface area contributed by atoms with Gasteiger partial charge in [0.25, 0.3) is 0 Å². The second-order valence-corrected chi connectivity index (χ2v) is 29.3. The summed E-state index contributed by atoms with van der Waals surface area (Å²) in [6, 6.07) is 19.9. The summed E-state index contributed by atoms with van der Waals surface area (Å²) in [6.07, 6.45) is 1.85. The molecule has 3 aromatic carbocycles. The van der Waals surface area contributed by atoms with Gasteiger partial charge in [0.15, 0.2) is 19.4 Å². The summed E-state index contributed by atoms with van der Waals surface area (Å²) in [7, 11) is -3.49. The van der Waals surface area contributed by atoms with Crippen LogP contribution in [0, 0.1) is 0 Å². The summed E-state index contributed by atoms with van der Waals surface area (Å²) in [4.78, 5) is 28.0. The molecule has 0 N–H and O–H groups in total. The molecule has 0 radical (unpaired) electrons. The Morgan fingerprint density at radius 1 is 0.816 bits per heavy atom. The summed E-state index contributed by atoms with van der Waals surface area (Å²) in [6.45, 7) is 17.5. The van der Waals surface area contributed by atoms with Crippen molar-refractivity contribution in [3.63, 3.8) is 0 Å². The SMILES string of the molecule is CCCSc1ccc(C(=O)c2ccc3c(c2)Cc2cc(C(=O)C(C)(C)O[Si](C)(C)[Si](C)(C)C)ccc2-3)cc1. The quantitative estimate of drug-likeness (QED) is 0.111. The lowest BCUT2D eigenvalue weighted by Crippen LogP contribution is -2.59. The Bertz CT molecular complexity index is 1370. The highest BCUT2D eigenvalue weighted by Crippen LogP contribution is 2.39. The third kappa shape index (κ3) is 5.83. The van der Waals surface area contributed by atoms with E-state index < -0.39 is 21.0 Å². The maximum Gasteiger partial charge on any atom is 0.193 e. The molecule has 0 unspecified atom stereocenters. The van der Waals surface area contributed by atoms with E-state index in [0.29, 0.717) is 16.7 Å². The maximum atomic E-state index is 13.6. The van der Waals surface area contributed by atoms with Crippen LogP contribution in [0.4, 0.5) is 0 Å². The van der Waals surface area contributed by atoms with Gasteiger partial charge < -0.3 is 4.43 Å². The van der Waals surface area contributed by atoms with E-state index in [2.05, 4.69) is 51.8 Å². The van der Waals surface area contributed by atoms with Gasteiger partial charge in [-0.1, -0.05) is 50.8 Å². The molecule has 0 saturated carbocycles. The minimum Gasteiger partial charge on any atom is -0.408 e. The van der Waals surface area contributed by atoms with Gasteiger partial charge in [-0.2, -0.15) is 0 Å². The normalized spacial score (nSPS) is 13.3. The average Bonchev–Trinajstić information content (AvgIpc) is 3.22. The van der Waals surface area contributed by atoms with E-state index in [-0.39, 0.29) is 11.6 Å². The molecule has 0 fully saturated rings. The van der Waals surface area contributed by atoms with E-state index in [9.17, 15) is 9.59 Å². The van der Waals surface area contributed by atoms with E-state index in [1.807, 2.05) is 74.1 Å². The number of rotatable bonds is 10. The topological polar surface area (TPSA) is 43.4 Å². The van der Waals surface area contributed by atoms with E-state index in [1.54, 1.807) is 0 Å². The van der Waals surface area contributed by atoms with Crippen molar-refractivity contribution in [1.82, 2.24) is 0 Å². The number of hydrogen-bond donors (Lipinski definition) is 0. The minimum absolute atomic E-state index is 0.0338. The predicted molar refractivity (Wildman–Crippen MR) is 166 cm³/mol. The first kappa shape index (κ1) is 28.7. The molecule has 0 aliphatic heterocycles. The van der Waals surface area contributed by atoms with Crippen molar-refractivity contribution in [2.45, 2.75) is 76.8 Å². The average molecular weight is 561 g/mol. The van der Waals surface area contributed by atoms with Crippen LogP contribution in [0.5, 0.6) is 0 Å². The molecule has 0 amide bonds. The first-order valence-corrected chi connectivity index (χ1v) is 21.9. The summed E-state index contributed by atoms with van der Waals surface area (Å²) in [5.41, 5.74) is 5.79. The van der Waals surface area contributed by atoms with Crippen molar-refractivity contribution in [2.75, 3.05) is 5.75 Å². The van der Waals surface area contributed by atoms with E-state index >= 15 is 0 Å². The molecule has 0 heterocycles. The molecule has 1 aliphatic carbocycles. The predicted octanol–water partition coefficient (Wildman–Crippen LogP) is 8.59. The van der Waals surface area contributed by atoms with Crippen LogP contribution in [-0.2, 0) is 10.8 Å². The molecule has 0 saturated heterocycles. The third-order valence-corrected chi connectivity index (χ3v) is 24.9. The van der Waals surface area contributed by atoms with Crippen molar-refractivity contribution in [3.05, 3.63) is 88.5 Å². The highest BCUT2D eigenvalue weighted by atomic mass is 32.2. The molecule has 1 aliphatic rings. The van der Waals surface area contributed by atoms with Crippen LogP contribution in [0.25, 0.3) is 11.1 Å². The van der Waals surface area contributed by atoms with Gasteiger partial charge in [0.05, 0.1) is 7.59 Å². The Balaban J connectivity index is 1.53. The summed E-state index contributed by atoms with van der Waals surface area (Å²) in [5.74, 6) is 1.15. The first-order valence-electron chi connectivity index (χ1n) is 13.5. The Morgan fingerprint density at radius 2 is 1.34 bits per heavy atom. The molecule has 0 bridgehead atoms. The molecule has 3 nitrogen and oxygen atoms in total. The fraction of sp³-hybridized carbons (Fsp3) is 0.375. The number of carbonyl (C=O) groups excluding carboxylic acids is 2. The third-order valence-electron chi connectivity index (χ3n) is 7.86. The lowest BCUT2D eigenvalue weighted by molar-refractivity contribution is 0.0568. The fourth-order valence-electron chi connectivity index (χ4n) is 4.77. The smallest absolute Gasteiger partial charge is 0.193 e. The van der Waals surface area contributed by atoms with Crippen LogP contribution in [0.15, 0.2) is 65.6 Å².